The largest absolute Gasteiger partial charge is 0.480 e. The third-order valence-corrected chi connectivity index (χ3v) is 4.69. The van der Waals surface area contributed by atoms with E-state index in [2.05, 4.69) is 10.3 Å². The topological polar surface area (TPSA) is 88.5 Å². The second-order valence-corrected chi connectivity index (χ2v) is 6.06. The summed E-state index contributed by atoms with van der Waals surface area (Å²) in [6, 6.07) is 3.90. The monoisotopic (exact) mass is 326 g/mol. The third kappa shape index (κ3) is 4.35. The fourth-order valence-corrected chi connectivity index (χ4v) is 3.37. The highest BCUT2D eigenvalue weighted by atomic mass is 32.1. The van der Waals surface area contributed by atoms with Crippen LogP contribution in [0.25, 0.3) is 9.88 Å². The number of aryl methyl sites for hydroxylation is 1. The number of carbonyl (C=O) groups is 2. The Morgan fingerprint density at radius 2 is 2.29 bits per heavy atom. The summed E-state index contributed by atoms with van der Waals surface area (Å²) in [6.45, 7) is 1.85. The summed E-state index contributed by atoms with van der Waals surface area (Å²) in [5, 5.41) is 13.9. The zero-order valence-electron chi connectivity index (χ0n) is 11.3. The molecule has 2 heterocycles. The molecule has 0 aliphatic rings. The molecule has 112 valence electrons. The highest BCUT2D eigenvalue weighted by Gasteiger charge is 2.16. The number of nitrogens with zero attached hydrogens (tertiary/aromatic N) is 1. The smallest absolute Gasteiger partial charge is 0.329 e. The van der Waals surface area contributed by atoms with Gasteiger partial charge in [-0.1, -0.05) is 6.07 Å². The van der Waals surface area contributed by atoms with Crippen molar-refractivity contribution in [1.82, 2.24) is 10.3 Å². The molecule has 0 saturated carbocycles. The van der Waals surface area contributed by atoms with E-state index >= 15 is 0 Å². The number of carbonyl (C=O) groups excluding carboxylic acids is 1. The molecule has 0 fully saturated rings. The van der Waals surface area contributed by atoms with Crippen LogP contribution in [0.1, 0.15) is 15.4 Å². The minimum absolute atomic E-state index is 0.160. The van der Waals surface area contributed by atoms with Crippen LogP contribution in [-0.4, -0.2) is 41.7 Å². The number of carboxylic acids is 1. The average molecular weight is 326 g/mol. The molecule has 2 aromatic rings. The van der Waals surface area contributed by atoms with Gasteiger partial charge in [0.2, 0.25) is 0 Å². The molecule has 0 aromatic carbocycles. The number of amides is 1. The fraction of sp³-hybridized carbons (Fsp3) is 0.308. The van der Waals surface area contributed by atoms with Crippen LogP contribution in [0.4, 0.5) is 0 Å². The Hall–Kier alpha value is -1.77. The average Bonchev–Trinajstić information content (AvgIpc) is 3.06. The number of thiophene rings is 1. The van der Waals surface area contributed by atoms with Crippen molar-refractivity contribution in [2.75, 3.05) is 19.8 Å². The summed E-state index contributed by atoms with van der Waals surface area (Å²) in [7, 11) is 0. The normalized spacial score (nSPS) is 10.5. The molecule has 0 unspecified atom stereocenters. The maximum Gasteiger partial charge on any atom is 0.329 e. The van der Waals surface area contributed by atoms with Gasteiger partial charge in [-0.25, -0.2) is 9.78 Å². The minimum Gasteiger partial charge on any atom is -0.480 e. The molecule has 0 radical (unpaired) electrons. The van der Waals surface area contributed by atoms with Gasteiger partial charge in [0.05, 0.1) is 17.2 Å². The summed E-state index contributed by atoms with van der Waals surface area (Å²) >= 11 is 2.92. The van der Waals surface area contributed by atoms with Crippen molar-refractivity contribution in [3.8, 4) is 9.88 Å². The number of aliphatic carboxylic acids is 1. The second-order valence-electron chi connectivity index (χ2n) is 4.11. The Morgan fingerprint density at radius 3 is 2.95 bits per heavy atom. The Kier molecular flexibility index (Phi) is 5.43. The van der Waals surface area contributed by atoms with Crippen molar-refractivity contribution in [2.45, 2.75) is 6.92 Å². The molecule has 0 atom stereocenters. The predicted octanol–water partition coefficient (Wildman–Crippen LogP) is 2.01. The van der Waals surface area contributed by atoms with Gasteiger partial charge in [0.1, 0.15) is 16.5 Å². The molecule has 0 aliphatic carbocycles. The number of hydrogen-bond donors (Lipinski definition) is 2. The van der Waals surface area contributed by atoms with E-state index in [1.807, 2.05) is 17.5 Å². The molecule has 0 bridgehead atoms. The Labute approximate surface area is 129 Å². The summed E-state index contributed by atoms with van der Waals surface area (Å²) in [6.07, 6.45) is 0. The molecule has 1 amide bonds. The molecule has 2 rings (SSSR count). The van der Waals surface area contributed by atoms with Gasteiger partial charge in [0.25, 0.3) is 5.91 Å². The van der Waals surface area contributed by atoms with Crippen LogP contribution in [-0.2, 0) is 9.53 Å². The minimum atomic E-state index is -1.03. The van der Waals surface area contributed by atoms with E-state index in [9.17, 15) is 9.59 Å². The zero-order valence-corrected chi connectivity index (χ0v) is 12.9. The SMILES string of the molecule is Cc1nc(-c2cccs2)sc1C(=O)NCCOCC(=O)O. The van der Waals surface area contributed by atoms with Crippen LogP contribution >= 0.6 is 22.7 Å². The lowest BCUT2D eigenvalue weighted by Crippen LogP contribution is -2.27. The van der Waals surface area contributed by atoms with Crippen molar-refractivity contribution in [3.63, 3.8) is 0 Å². The van der Waals surface area contributed by atoms with Gasteiger partial charge < -0.3 is 15.2 Å². The summed E-state index contributed by atoms with van der Waals surface area (Å²) in [4.78, 5) is 28.3. The number of hydrogen-bond acceptors (Lipinski definition) is 6. The molecular formula is C13H14N2O4S2. The van der Waals surface area contributed by atoms with Crippen LogP contribution in [0, 0.1) is 6.92 Å². The number of carboxylic acid groups (broad SMARTS) is 1. The first-order valence-electron chi connectivity index (χ1n) is 6.17. The summed E-state index contributed by atoms with van der Waals surface area (Å²) < 4.78 is 4.85. The quantitative estimate of drug-likeness (QED) is 0.760. The second kappa shape index (κ2) is 7.30. The molecule has 2 aromatic heterocycles. The summed E-state index contributed by atoms with van der Waals surface area (Å²) in [5.41, 5.74) is 0.687. The van der Waals surface area contributed by atoms with Crippen LogP contribution in [0.15, 0.2) is 17.5 Å². The molecule has 0 aliphatic heterocycles. The molecule has 0 saturated heterocycles. The van der Waals surface area contributed by atoms with E-state index in [4.69, 9.17) is 9.84 Å². The highest BCUT2D eigenvalue weighted by molar-refractivity contribution is 7.22. The van der Waals surface area contributed by atoms with Crippen LogP contribution in [0.2, 0.25) is 0 Å². The standard InChI is InChI=1S/C13H14N2O4S2/c1-8-11(12(18)14-4-5-19-7-10(16)17)21-13(15-8)9-3-2-6-20-9/h2-3,6H,4-5,7H2,1H3,(H,14,18)(H,16,17). The third-order valence-electron chi connectivity index (χ3n) is 2.49. The molecular weight excluding hydrogens is 312 g/mol. The lowest BCUT2D eigenvalue weighted by Gasteiger charge is -2.03. The van der Waals surface area contributed by atoms with E-state index in [0.717, 1.165) is 9.88 Å². The lowest BCUT2D eigenvalue weighted by molar-refractivity contribution is -0.142. The maximum atomic E-state index is 12.0. The fourth-order valence-electron chi connectivity index (χ4n) is 1.59. The van der Waals surface area contributed by atoms with Gasteiger partial charge in [0, 0.05) is 6.54 Å². The Balaban J connectivity index is 1.89. The molecule has 21 heavy (non-hydrogen) atoms. The van der Waals surface area contributed by atoms with Crippen LogP contribution < -0.4 is 5.32 Å². The number of nitrogens with one attached hydrogen (secondary N) is 1. The van der Waals surface area contributed by atoms with Gasteiger partial charge in [-0.05, 0) is 18.4 Å². The first-order valence-corrected chi connectivity index (χ1v) is 7.86. The Morgan fingerprint density at radius 1 is 1.48 bits per heavy atom. The first-order chi connectivity index (χ1) is 10.1. The van der Waals surface area contributed by atoms with E-state index in [0.29, 0.717) is 10.6 Å². The van der Waals surface area contributed by atoms with Crippen molar-refractivity contribution < 1.29 is 19.4 Å². The lowest BCUT2D eigenvalue weighted by atomic mass is 10.3. The van der Waals surface area contributed by atoms with Crippen molar-refractivity contribution in [2.24, 2.45) is 0 Å². The Bertz CT molecular complexity index is 622. The highest BCUT2D eigenvalue weighted by Crippen LogP contribution is 2.30. The van der Waals surface area contributed by atoms with Crippen LogP contribution in [0.3, 0.4) is 0 Å². The molecule has 8 heteroatoms. The maximum absolute atomic E-state index is 12.0. The molecule has 6 nitrogen and oxygen atoms in total. The van der Waals surface area contributed by atoms with E-state index in [-0.39, 0.29) is 25.7 Å². The molecule has 0 spiro atoms. The van der Waals surface area contributed by atoms with Crippen molar-refractivity contribution >= 4 is 34.6 Å². The number of thiazole rings is 1. The van der Waals surface area contributed by atoms with Gasteiger partial charge in [-0.2, -0.15) is 0 Å². The predicted molar refractivity (Wildman–Crippen MR) is 81.0 cm³/mol. The van der Waals surface area contributed by atoms with Crippen molar-refractivity contribution in [1.29, 1.82) is 0 Å². The van der Waals surface area contributed by atoms with Crippen molar-refractivity contribution in [3.05, 3.63) is 28.1 Å². The first kappa shape index (κ1) is 15.6. The number of rotatable bonds is 7. The molecule has 2 N–H and O–H groups in total. The van der Waals surface area contributed by atoms with Gasteiger partial charge in [-0.15, -0.1) is 22.7 Å². The number of aromatic nitrogens is 1. The number of ether oxygens (including phenoxy) is 1. The summed E-state index contributed by atoms with van der Waals surface area (Å²) in [5.74, 6) is -1.24. The van der Waals surface area contributed by atoms with Gasteiger partial charge in [0.15, 0.2) is 0 Å². The van der Waals surface area contributed by atoms with Gasteiger partial charge >= 0.3 is 5.97 Å². The van der Waals surface area contributed by atoms with E-state index in [1.54, 1.807) is 18.3 Å². The van der Waals surface area contributed by atoms with E-state index in [1.165, 1.54) is 11.3 Å². The zero-order chi connectivity index (χ0) is 15.2. The van der Waals surface area contributed by atoms with E-state index < -0.39 is 5.97 Å². The van der Waals surface area contributed by atoms with Gasteiger partial charge in [-0.3, -0.25) is 4.79 Å². The van der Waals surface area contributed by atoms with Crippen LogP contribution in [0.5, 0.6) is 0 Å².